The number of amides is 3. The Labute approximate surface area is 223 Å². The highest BCUT2D eigenvalue weighted by Gasteiger charge is 2.48. The van der Waals surface area contributed by atoms with Gasteiger partial charge in [-0.05, 0) is 96.2 Å². The van der Waals surface area contributed by atoms with Crippen molar-refractivity contribution in [1.82, 2.24) is 0 Å². The summed E-state index contributed by atoms with van der Waals surface area (Å²) in [6.07, 6.45) is -0.443. The molecule has 38 heavy (non-hydrogen) atoms. The van der Waals surface area contributed by atoms with Crippen LogP contribution in [0.1, 0.15) is 78.4 Å². The van der Waals surface area contributed by atoms with Crippen molar-refractivity contribution in [1.29, 1.82) is 5.41 Å². The molecule has 204 valence electrons. The van der Waals surface area contributed by atoms with E-state index >= 15 is 0 Å². The van der Waals surface area contributed by atoms with E-state index in [0.29, 0.717) is 35.5 Å². The number of anilines is 2. The molecule has 2 aromatic carbocycles. The lowest BCUT2D eigenvalue weighted by Crippen LogP contribution is -2.42. The highest BCUT2D eigenvalue weighted by Crippen LogP contribution is 2.50. The van der Waals surface area contributed by atoms with E-state index in [2.05, 4.69) is 5.32 Å². The van der Waals surface area contributed by atoms with Gasteiger partial charge in [-0.2, -0.15) is 0 Å². The van der Waals surface area contributed by atoms with Crippen molar-refractivity contribution in [3.8, 4) is 5.75 Å². The molecule has 2 aromatic rings. The minimum atomic E-state index is -0.808. The van der Waals surface area contributed by atoms with E-state index in [1.165, 1.54) is 24.3 Å². The third-order valence-electron chi connectivity index (χ3n) is 5.80. The third kappa shape index (κ3) is 7.34. The van der Waals surface area contributed by atoms with E-state index in [4.69, 9.17) is 14.9 Å². The molecule has 0 aliphatic heterocycles. The molecule has 1 saturated carbocycles. The first-order valence-corrected chi connectivity index (χ1v) is 12.7. The van der Waals surface area contributed by atoms with Crippen LogP contribution in [-0.2, 0) is 14.3 Å². The van der Waals surface area contributed by atoms with Gasteiger partial charge in [-0.1, -0.05) is 19.1 Å². The smallest absolute Gasteiger partial charge is 0.421 e. The molecular weight excluding hydrogens is 486 g/mol. The lowest BCUT2D eigenvalue weighted by atomic mass is 10.00. The van der Waals surface area contributed by atoms with Crippen molar-refractivity contribution in [2.75, 3.05) is 10.2 Å². The first kappa shape index (κ1) is 28.7. The Bertz CT molecular complexity index is 1220. The first-order valence-electron chi connectivity index (χ1n) is 12.7. The molecule has 0 aromatic heterocycles. The van der Waals surface area contributed by atoms with Crippen LogP contribution in [0.5, 0.6) is 5.75 Å². The van der Waals surface area contributed by atoms with Gasteiger partial charge < -0.3 is 20.0 Å². The van der Waals surface area contributed by atoms with Gasteiger partial charge >= 0.3 is 12.2 Å². The van der Waals surface area contributed by atoms with Crippen LogP contribution in [0.15, 0.2) is 42.5 Å². The molecular formula is C29H37N3O6. The van der Waals surface area contributed by atoms with Gasteiger partial charge in [-0.15, -0.1) is 0 Å². The first-order chi connectivity index (χ1) is 17.6. The maximum Gasteiger partial charge on any atom is 0.421 e. The molecule has 0 spiro atoms. The van der Waals surface area contributed by atoms with Crippen LogP contribution in [0.3, 0.4) is 0 Å². The van der Waals surface area contributed by atoms with Crippen LogP contribution in [0, 0.1) is 11.3 Å². The summed E-state index contributed by atoms with van der Waals surface area (Å²) in [5, 5.41) is 20.7. The number of nitrogens with zero attached hydrogens (tertiary/aromatic N) is 1. The SMILES string of the molecule is CCC(=N)c1ccc([C@@H]2C[C@H]2C(=O)N(C(=O)OC(C)(C)C)c2ccc(O)cc2)cc1NC(=O)OC(C)(C)C. The Morgan fingerprint density at radius 3 is 2.16 bits per heavy atom. The lowest BCUT2D eigenvalue weighted by molar-refractivity contribution is -0.119. The zero-order chi connectivity index (χ0) is 28.4. The summed E-state index contributed by atoms with van der Waals surface area (Å²) in [5.41, 5.74) is 0.970. The van der Waals surface area contributed by atoms with Gasteiger partial charge in [0.1, 0.15) is 17.0 Å². The van der Waals surface area contributed by atoms with Gasteiger partial charge in [-0.3, -0.25) is 10.1 Å². The molecule has 3 rings (SSSR count). The minimum absolute atomic E-state index is 0.0115. The molecule has 0 heterocycles. The molecule has 0 bridgehead atoms. The molecule has 9 nitrogen and oxygen atoms in total. The van der Waals surface area contributed by atoms with Crippen LogP contribution in [0.2, 0.25) is 0 Å². The second-order valence-electron chi connectivity index (χ2n) is 11.4. The molecule has 3 N–H and O–H groups in total. The highest BCUT2D eigenvalue weighted by atomic mass is 16.6. The molecule has 3 amide bonds. The van der Waals surface area contributed by atoms with E-state index in [-0.39, 0.29) is 11.7 Å². The third-order valence-corrected chi connectivity index (χ3v) is 5.80. The van der Waals surface area contributed by atoms with Gasteiger partial charge in [0.05, 0.1) is 11.4 Å². The Morgan fingerprint density at radius 1 is 1.00 bits per heavy atom. The molecule has 0 saturated heterocycles. The van der Waals surface area contributed by atoms with E-state index in [9.17, 15) is 19.5 Å². The Kier molecular flexibility index (Phi) is 8.19. The Hall–Kier alpha value is -3.88. The number of rotatable bonds is 6. The summed E-state index contributed by atoms with van der Waals surface area (Å²) in [7, 11) is 0. The van der Waals surface area contributed by atoms with Crippen LogP contribution in [0.4, 0.5) is 21.0 Å². The van der Waals surface area contributed by atoms with Crippen LogP contribution in [-0.4, -0.2) is 40.1 Å². The minimum Gasteiger partial charge on any atom is -0.508 e. The molecule has 1 fully saturated rings. The van der Waals surface area contributed by atoms with E-state index in [1.807, 2.05) is 13.0 Å². The summed E-state index contributed by atoms with van der Waals surface area (Å²) in [5.74, 6) is -1.07. The van der Waals surface area contributed by atoms with E-state index in [0.717, 1.165) is 10.5 Å². The van der Waals surface area contributed by atoms with E-state index < -0.39 is 35.2 Å². The standard InChI is InChI=1S/C29H37N3O6/c1-8-23(30)20-14-9-17(15-24(20)31-26(35)37-28(2,3)4)21-16-22(21)25(34)32(27(36)38-29(5,6)7)18-10-12-19(33)13-11-18/h9-15,21-22,30,33H,8,16H2,1-7H3,(H,31,35)/t21-,22+/m0/s1. The van der Waals surface area contributed by atoms with Gasteiger partial charge in [0, 0.05) is 17.2 Å². The number of hydrogen-bond acceptors (Lipinski definition) is 7. The largest absolute Gasteiger partial charge is 0.508 e. The van der Waals surface area contributed by atoms with Crippen molar-refractivity contribution in [3.05, 3.63) is 53.6 Å². The second-order valence-corrected chi connectivity index (χ2v) is 11.4. The van der Waals surface area contributed by atoms with Gasteiger partial charge in [0.15, 0.2) is 0 Å². The number of nitrogens with one attached hydrogen (secondary N) is 2. The predicted molar refractivity (Wildman–Crippen MR) is 146 cm³/mol. The highest BCUT2D eigenvalue weighted by molar-refractivity contribution is 6.14. The van der Waals surface area contributed by atoms with Gasteiger partial charge in [0.2, 0.25) is 5.91 Å². The fourth-order valence-corrected chi connectivity index (χ4v) is 4.00. The summed E-state index contributed by atoms with van der Waals surface area (Å²) < 4.78 is 10.9. The number of hydrogen-bond donors (Lipinski definition) is 3. The molecule has 0 radical (unpaired) electrons. The molecule has 0 unspecified atom stereocenters. The summed E-state index contributed by atoms with van der Waals surface area (Å²) in [4.78, 5) is 40.1. The van der Waals surface area contributed by atoms with E-state index in [1.54, 1.807) is 53.7 Å². The van der Waals surface area contributed by atoms with Crippen molar-refractivity contribution in [3.63, 3.8) is 0 Å². The van der Waals surface area contributed by atoms with Crippen molar-refractivity contribution < 1.29 is 29.0 Å². The summed E-state index contributed by atoms with van der Waals surface area (Å²) >= 11 is 0. The number of benzene rings is 2. The number of imide groups is 1. The topological polar surface area (TPSA) is 129 Å². The number of phenols is 1. The molecule has 2 atom stereocenters. The Morgan fingerprint density at radius 2 is 1.61 bits per heavy atom. The molecule has 9 heteroatoms. The Balaban J connectivity index is 1.88. The maximum absolute atomic E-state index is 13.6. The number of carbonyl (C=O) groups excluding carboxylic acids is 3. The number of carbonyl (C=O) groups is 3. The zero-order valence-corrected chi connectivity index (χ0v) is 23.0. The quantitative estimate of drug-likeness (QED) is 0.366. The summed E-state index contributed by atoms with van der Waals surface area (Å²) in [6, 6.07) is 11.2. The normalized spacial score (nSPS) is 16.8. The number of phenolic OH excluding ortho intramolecular Hbond substituents is 1. The predicted octanol–water partition coefficient (Wildman–Crippen LogP) is 6.59. The van der Waals surface area contributed by atoms with Crippen LogP contribution < -0.4 is 10.2 Å². The fourth-order valence-electron chi connectivity index (χ4n) is 4.00. The van der Waals surface area contributed by atoms with Crippen molar-refractivity contribution in [2.24, 2.45) is 5.92 Å². The van der Waals surface area contributed by atoms with Gasteiger partial charge in [-0.25, -0.2) is 14.5 Å². The zero-order valence-electron chi connectivity index (χ0n) is 23.0. The monoisotopic (exact) mass is 523 g/mol. The number of aromatic hydroxyl groups is 1. The second kappa shape index (κ2) is 10.8. The van der Waals surface area contributed by atoms with Crippen molar-refractivity contribution >= 4 is 35.2 Å². The lowest BCUT2D eigenvalue weighted by Gasteiger charge is -2.26. The van der Waals surface area contributed by atoms with Gasteiger partial charge in [0.25, 0.3) is 0 Å². The molecule has 1 aliphatic rings. The van der Waals surface area contributed by atoms with Crippen molar-refractivity contribution in [2.45, 2.75) is 78.4 Å². The maximum atomic E-state index is 13.6. The van der Waals surface area contributed by atoms with Crippen LogP contribution >= 0.6 is 0 Å². The van der Waals surface area contributed by atoms with Crippen LogP contribution in [0.25, 0.3) is 0 Å². The molecule has 1 aliphatic carbocycles. The average molecular weight is 524 g/mol. The average Bonchev–Trinajstić information content (AvgIpc) is 3.58. The number of ether oxygens (including phenoxy) is 2. The fraction of sp³-hybridized carbons (Fsp3) is 0.448. The summed E-state index contributed by atoms with van der Waals surface area (Å²) in [6.45, 7) is 12.3.